The summed E-state index contributed by atoms with van der Waals surface area (Å²) in [5.41, 5.74) is 5.29. The van der Waals surface area contributed by atoms with Crippen LogP contribution in [0.25, 0.3) is 0 Å². The predicted molar refractivity (Wildman–Crippen MR) is 69.0 cm³/mol. The Labute approximate surface area is 108 Å². The SMILES string of the molecule is CC(C)(C)CC(N)CC(=O)NCC1(C(=O)O)CC1. The van der Waals surface area contributed by atoms with Gasteiger partial charge in [-0.1, -0.05) is 20.8 Å². The molecule has 0 aromatic carbocycles. The van der Waals surface area contributed by atoms with Crippen LogP contribution >= 0.6 is 0 Å². The second kappa shape index (κ2) is 5.26. The van der Waals surface area contributed by atoms with Crippen molar-refractivity contribution in [2.45, 2.75) is 52.5 Å². The smallest absolute Gasteiger partial charge is 0.311 e. The highest BCUT2D eigenvalue weighted by atomic mass is 16.4. The molecule has 1 aliphatic carbocycles. The molecule has 0 spiro atoms. The zero-order chi connectivity index (χ0) is 14.0. The molecular formula is C13H24N2O3. The van der Waals surface area contributed by atoms with Gasteiger partial charge in [-0.25, -0.2) is 0 Å². The van der Waals surface area contributed by atoms with E-state index in [9.17, 15) is 9.59 Å². The molecule has 0 heterocycles. The van der Waals surface area contributed by atoms with Gasteiger partial charge in [0.25, 0.3) is 0 Å². The molecule has 1 unspecified atom stereocenters. The third-order valence-electron chi connectivity index (χ3n) is 3.25. The number of aliphatic carboxylic acids is 1. The van der Waals surface area contributed by atoms with Crippen LogP contribution in [0.4, 0.5) is 0 Å². The monoisotopic (exact) mass is 256 g/mol. The molecule has 0 aromatic rings. The largest absolute Gasteiger partial charge is 0.481 e. The van der Waals surface area contributed by atoms with E-state index in [1.165, 1.54) is 0 Å². The van der Waals surface area contributed by atoms with Crippen molar-refractivity contribution < 1.29 is 14.7 Å². The minimum atomic E-state index is -0.818. The van der Waals surface area contributed by atoms with Crippen LogP contribution in [0, 0.1) is 10.8 Å². The topological polar surface area (TPSA) is 92.4 Å². The minimum absolute atomic E-state index is 0.0957. The minimum Gasteiger partial charge on any atom is -0.481 e. The molecule has 18 heavy (non-hydrogen) atoms. The van der Waals surface area contributed by atoms with Gasteiger partial charge < -0.3 is 16.2 Å². The first kappa shape index (κ1) is 15.0. The molecule has 5 heteroatoms. The van der Waals surface area contributed by atoms with Gasteiger partial charge in [-0.15, -0.1) is 0 Å². The van der Waals surface area contributed by atoms with Gasteiger partial charge in [-0.2, -0.15) is 0 Å². The number of carboxylic acids is 1. The molecule has 0 saturated heterocycles. The first-order valence-corrected chi connectivity index (χ1v) is 6.40. The lowest BCUT2D eigenvalue weighted by Gasteiger charge is -2.23. The predicted octanol–water partition coefficient (Wildman–Crippen LogP) is 1.12. The van der Waals surface area contributed by atoms with Crippen LogP contribution in [-0.2, 0) is 9.59 Å². The van der Waals surface area contributed by atoms with Crippen molar-refractivity contribution in [1.82, 2.24) is 5.32 Å². The molecule has 1 rings (SSSR count). The number of hydrogen-bond acceptors (Lipinski definition) is 3. The molecule has 0 bridgehead atoms. The van der Waals surface area contributed by atoms with E-state index in [4.69, 9.17) is 10.8 Å². The average molecular weight is 256 g/mol. The van der Waals surface area contributed by atoms with Crippen molar-refractivity contribution >= 4 is 11.9 Å². The molecule has 1 aliphatic rings. The normalized spacial score (nSPS) is 19.1. The van der Waals surface area contributed by atoms with Crippen LogP contribution < -0.4 is 11.1 Å². The van der Waals surface area contributed by atoms with Crippen molar-refractivity contribution in [3.8, 4) is 0 Å². The zero-order valence-electron chi connectivity index (χ0n) is 11.5. The summed E-state index contributed by atoms with van der Waals surface area (Å²) in [5, 5.41) is 11.7. The molecule has 1 atom stereocenters. The molecule has 1 amide bonds. The molecule has 104 valence electrons. The van der Waals surface area contributed by atoms with Gasteiger partial charge in [-0.05, 0) is 24.7 Å². The van der Waals surface area contributed by atoms with Gasteiger partial charge in [0.1, 0.15) is 0 Å². The zero-order valence-corrected chi connectivity index (χ0v) is 11.5. The van der Waals surface area contributed by atoms with Crippen molar-refractivity contribution in [2.75, 3.05) is 6.54 Å². The number of nitrogens with two attached hydrogens (primary N) is 1. The van der Waals surface area contributed by atoms with Gasteiger partial charge >= 0.3 is 5.97 Å². The fourth-order valence-electron chi connectivity index (χ4n) is 2.05. The van der Waals surface area contributed by atoms with Crippen LogP contribution in [0.5, 0.6) is 0 Å². The maximum atomic E-state index is 11.7. The lowest BCUT2D eigenvalue weighted by atomic mass is 9.87. The van der Waals surface area contributed by atoms with Gasteiger partial charge in [0.15, 0.2) is 0 Å². The Bertz CT molecular complexity index is 330. The van der Waals surface area contributed by atoms with Crippen molar-refractivity contribution in [2.24, 2.45) is 16.6 Å². The Morgan fingerprint density at radius 3 is 2.33 bits per heavy atom. The molecule has 1 saturated carbocycles. The highest BCUT2D eigenvalue weighted by Crippen LogP contribution is 2.45. The standard InChI is InChI=1S/C13H24N2O3/c1-12(2,3)7-9(14)6-10(16)15-8-13(4-5-13)11(17)18/h9H,4-8,14H2,1-3H3,(H,15,16)(H,17,18). The van der Waals surface area contributed by atoms with Gasteiger partial charge in [0.2, 0.25) is 5.91 Å². The number of rotatable bonds is 6. The Morgan fingerprint density at radius 2 is 1.94 bits per heavy atom. The fraction of sp³-hybridized carbons (Fsp3) is 0.846. The van der Waals surface area contributed by atoms with E-state index < -0.39 is 11.4 Å². The summed E-state index contributed by atoms with van der Waals surface area (Å²) in [6.45, 7) is 6.46. The van der Waals surface area contributed by atoms with E-state index in [-0.39, 0.29) is 30.3 Å². The summed E-state index contributed by atoms with van der Waals surface area (Å²) in [5.74, 6) is -0.971. The highest BCUT2D eigenvalue weighted by Gasteiger charge is 2.50. The second-order valence-electron chi connectivity index (χ2n) is 6.59. The average Bonchev–Trinajstić information content (AvgIpc) is 2.91. The van der Waals surface area contributed by atoms with Crippen LogP contribution in [0.15, 0.2) is 0 Å². The van der Waals surface area contributed by atoms with E-state index in [1.807, 2.05) is 0 Å². The first-order valence-electron chi connectivity index (χ1n) is 6.40. The van der Waals surface area contributed by atoms with E-state index in [0.29, 0.717) is 12.8 Å². The summed E-state index contributed by atoms with van der Waals surface area (Å²) in [4.78, 5) is 22.6. The number of amides is 1. The molecule has 0 aliphatic heterocycles. The maximum absolute atomic E-state index is 11.7. The number of carboxylic acid groups (broad SMARTS) is 1. The maximum Gasteiger partial charge on any atom is 0.311 e. The van der Waals surface area contributed by atoms with Crippen molar-refractivity contribution in [3.63, 3.8) is 0 Å². The summed E-state index contributed by atoms with van der Waals surface area (Å²) >= 11 is 0. The highest BCUT2D eigenvalue weighted by molar-refractivity contribution is 5.81. The Balaban J connectivity index is 2.28. The Hall–Kier alpha value is -1.10. The lowest BCUT2D eigenvalue weighted by molar-refractivity contribution is -0.143. The third-order valence-corrected chi connectivity index (χ3v) is 3.25. The van der Waals surface area contributed by atoms with Crippen LogP contribution in [0.1, 0.15) is 46.5 Å². The molecule has 5 nitrogen and oxygen atoms in total. The van der Waals surface area contributed by atoms with E-state index in [2.05, 4.69) is 26.1 Å². The quantitative estimate of drug-likeness (QED) is 0.664. The van der Waals surface area contributed by atoms with Gasteiger partial charge in [0.05, 0.1) is 5.41 Å². The third kappa shape index (κ3) is 4.64. The van der Waals surface area contributed by atoms with Crippen LogP contribution in [-0.4, -0.2) is 29.6 Å². The summed E-state index contributed by atoms with van der Waals surface area (Å²) in [7, 11) is 0. The Morgan fingerprint density at radius 1 is 1.39 bits per heavy atom. The molecule has 0 radical (unpaired) electrons. The number of carbonyl (C=O) groups excluding carboxylic acids is 1. The van der Waals surface area contributed by atoms with E-state index in [1.54, 1.807) is 0 Å². The molecule has 0 aromatic heterocycles. The lowest BCUT2D eigenvalue weighted by Crippen LogP contribution is -2.38. The van der Waals surface area contributed by atoms with Crippen LogP contribution in [0.3, 0.4) is 0 Å². The fourth-order valence-corrected chi connectivity index (χ4v) is 2.05. The molecule has 4 N–H and O–H groups in total. The molecule has 1 fully saturated rings. The Kier molecular flexibility index (Phi) is 4.37. The van der Waals surface area contributed by atoms with E-state index >= 15 is 0 Å². The first-order chi connectivity index (χ1) is 8.15. The second-order valence-corrected chi connectivity index (χ2v) is 6.59. The summed E-state index contributed by atoms with van der Waals surface area (Å²) < 4.78 is 0. The summed E-state index contributed by atoms with van der Waals surface area (Å²) in [6.07, 6.45) is 2.32. The number of carbonyl (C=O) groups is 2. The van der Waals surface area contributed by atoms with Crippen LogP contribution in [0.2, 0.25) is 0 Å². The number of nitrogens with one attached hydrogen (secondary N) is 1. The summed E-state index contributed by atoms with van der Waals surface area (Å²) in [6, 6.07) is -0.176. The van der Waals surface area contributed by atoms with Crippen molar-refractivity contribution in [3.05, 3.63) is 0 Å². The van der Waals surface area contributed by atoms with Crippen molar-refractivity contribution in [1.29, 1.82) is 0 Å². The van der Waals surface area contributed by atoms with Gasteiger partial charge in [-0.3, -0.25) is 9.59 Å². The number of hydrogen-bond donors (Lipinski definition) is 3. The van der Waals surface area contributed by atoms with E-state index in [0.717, 1.165) is 6.42 Å². The van der Waals surface area contributed by atoms with Gasteiger partial charge in [0, 0.05) is 19.0 Å². The molecular weight excluding hydrogens is 232 g/mol.